The number of Topliss-reactive ketones (excluding diaryl/α,β-unsaturated/α-hetero) is 1. The Labute approximate surface area is 404 Å². The van der Waals surface area contributed by atoms with Gasteiger partial charge in [-0.1, -0.05) is 37.6 Å². The zero-order chi connectivity index (χ0) is 50.7. The summed E-state index contributed by atoms with van der Waals surface area (Å²) in [7, 11) is 1.33. The van der Waals surface area contributed by atoms with E-state index in [-0.39, 0.29) is 18.3 Å². The van der Waals surface area contributed by atoms with Gasteiger partial charge in [0.15, 0.2) is 18.9 Å². The molecule has 390 valence electrons. The number of fused-ring (bicyclic) bond motifs is 5. The molecule has 0 bridgehead atoms. The minimum atomic E-state index is -1.69. The lowest BCUT2D eigenvalue weighted by molar-refractivity contribution is -0.370. The molecule has 0 aromatic heterocycles. The first-order valence-corrected chi connectivity index (χ1v) is 24.6. The summed E-state index contributed by atoms with van der Waals surface area (Å²) < 4.78 is 55.1. The molecular formula is C50H76O19. The first kappa shape index (κ1) is 54.1. The SMILES string of the molecule is C/C=C(\C)C(=O)O[C@H]1[C@H]2[C@@H](CC=C3C[C@@H](O[C@H]4C[C@@H](O)[C@H](O[C@@H]5O[C@H](C)[C@@H](O[C@@H]6O[C@H](CO)[C@@H](O)[C@H](O)[C@H]6O)[C@@H](OC)[C@H]5O)[C@@H](C)O4)CC[C@@]32C)[C@@]2(O)CC[C@H](C(C)=O)[C@@]2(C)[C@@H]1OC(=O)/C(C)=C/C. The number of methoxy groups -OCH3 is 1. The fourth-order valence-corrected chi connectivity index (χ4v) is 12.9. The van der Waals surface area contributed by atoms with Crippen LogP contribution in [-0.4, -0.2) is 177 Å². The highest BCUT2D eigenvalue weighted by Crippen LogP contribution is 2.69. The van der Waals surface area contributed by atoms with Crippen molar-refractivity contribution < 1.29 is 92.8 Å². The maximum atomic E-state index is 13.8. The summed E-state index contributed by atoms with van der Waals surface area (Å²) in [6, 6.07) is 0. The van der Waals surface area contributed by atoms with Gasteiger partial charge in [0.05, 0.1) is 36.6 Å². The van der Waals surface area contributed by atoms with Gasteiger partial charge in [0, 0.05) is 41.9 Å². The van der Waals surface area contributed by atoms with E-state index >= 15 is 0 Å². The van der Waals surface area contributed by atoms with E-state index in [0.717, 1.165) is 5.57 Å². The summed E-state index contributed by atoms with van der Waals surface area (Å²) in [5, 5.41) is 76.8. The first-order chi connectivity index (χ1) is 32.5. The summed E-state index contributed by atoms with van der Waals surface area (Å²) in [5.74, 6) is -2.91. The van der Waals surface area contributed by atoms with Gasteiger partial charge >= 0.3 is 11.9 Å². The largest absolute Gasteiger partial charge is 0.455 e. The molecule has 0 unspecified atom stereocenters. The summed E-state index contributed by atoms with van der Waals surface area (Å²) in [4.78, 5) is 41.0. The molecule has 19 heteroatoms. The molecule has 3 aliphatic heterocycles. The van der Waals surface area contributed by atoms with Crippen LogP contribution < -0.4 is 0 Å². The summed E-state index contributed by atoms with van der Waals surface area (Å²) in [5.41, 5.74) is -1.60. The van der Waals surface area contributed by atoms with Gasteiger partial charge < -0.3 is 78.4 Å². The fourth-order valence-electron chi connectivity index (χ4n) is 12.9. The van der Waals surface area contributed by atoms with Crippen molar-refractivity contribution in [3.63, 3.8) is 0 Å². The smallest absolute Gasteiger partial charge is 0.333 e. The number of rotatable bonds is 13. The molecule has 0 spiro atoms. The van der Waals surface area contributed by atoms with E-state index in [1.165, 1.54) is 14.0 Å². The highest BCUT2D eigenvalue weighted by molar-refractivity contribution is 5.89. The van der Waals surface area contributed by atoms with E-state index in [9.17, 15) is 50.1 Å². The molecule has 7 rings (SSSR count). The van der Waals surface area contributed by atoms with Crippen LogP contribution in [0.2, 0.25) is 0 Å². The van der Waals surface area contributed by atoms with Crippen LogP contribution >= 0.6 is 0 Å². The van der Waals surface area contributed by atoms with Crippen LogP contribution in [0.15, 0.2) is 34.9 Å². The Hall–Kier alpha value is -2.73. The van der Waals surface area contributed by atoms with Crippen LogP contribution in [0.5, 0.6) is 0 Å². The van der Waals surface area contributed by atoms with Crippen LogP contribution in [0, 0.1) is 28.6 Å². The molecule has 3 saturated heterocycles. The molecule has 69 heavy (non-hydrogen) atoms. The third kappa shape index (κ3) is 9.57. The number of allylic oxidation sites excluding steroid dienone is 3. The number of aliphatic hydroxyl groups is 7. The van der Waals surface area contributed by atoms with E-state index in [0.29, 0.717) is 49.7 Å². The van der Waals surface area contributed by atoms with E-state index in [1.54, 1.807) is 53.7 Å². The average Bonchev–Trinajstić information content (AvgIpc) is 3.60. The predicted molar refractivity (Wildman–Crippen MR) is 241 cm³/mol. The predicted octanol–water partition coefficient (Wildman–Crippen LogP) is 1.82. The molecule has 7 N–H and O–H groups in total. The normalized spacial score (nSPS) is 48.1. The topological polar surface area (TPSA) is 276 Å². The Morgan fingerprint density at radius 3 is 2.00 bits per heavy atom. The zero-order valence-corrected chi connectivity index (χ0v) is 41.5. The lowest BCUT2D eigenvalue weighted by atomic mass is 9.44. The summed E-state index contributed by atoms with van der Waals surface area (Å²) in [6.07, 6.45) is -11.6. The Bertz CT molecular complexity index is 1960. The van der Waals surface area contributed by atoms with Gasteiger partial charge in [0.25, 0.3) is 0 Å². The van der Waals surface area contributed by atoms with E-state index in [1.807, 2.05) is 6.92 Å². The molecule has 7 aliphatic rings. The van der Waals surface area contributed by atoms with Crippen molar-refractivity contribution >= 4 is 17.7 Å². The van der Waals surface area contributed by atoms with Crippen LogP contribution in [0.1, 0.15) is 107 Å². The highest BCUT2D eigenvalue weighted by atomic mass is 16.8. The number of ether oxygens (including phenoxy) is 9. The standard InChI is InChI=1S/C50H76O19/c1-11-22(3)44(58)66-41-34-30(50(60)18-16-29(24(5)52)49(50,9)43(41)69-45(59)23(4)12-2)14-13-27-19-28(15-17-48(27,34)8)64-33-20-31(53)39(25(6)62-33)67-47-38(57)42(61-10)40(26(7)63-47)68-46-37(56)36(55)35(54)32(21-51)65-46/h11-13,25-26,28-43,46-47,51,53-57,60H,14-21H2,1-10H3/b22-11+,23-12+/t25-,26-,28+,29-,30-,31-,32-,33+,34-,35-,36+,37-,38-,39-,40-,41+,42+,43-,46+,47+,48+,49+,50+/m1/s1. The molecule has 23 atom stereocenters. The zero-order valence-electron chi connectivity index (χ0n) is 41.5. The van der Waals surface area contributed by atoms with Crippen molar-refractivity contribution in [1.82, 2.24) is 0 Å². The van der Waals surface area contributed by atoms with Crippen molar-refractivity contribution in [2.24, 2.45) is 28.6 Å². The summed E-state index contributed by atoms with van der Waals surface area (Å²) in [6.45, 7) is 14.8. The minimum absolute atomic E-state index is 0.0192. The molecule has 0 aromatic rings. The molecule has 0 aromatic carbocycles. The van der Waals surface area contributed by atoms with Gasteiger partial charge in [-0.25, -0.2) is 9.59 Å². The molecule has 0 radical (unpaired) electrons. The van der Waals surface area contributed by atoms with Crippen molar-refractivity contribution in [2.75, 3.05) is 13.7 Å². The van der Waals surface area contributed by atoms with Crippen LogP contribution in [0.25, 0.3) is 0 Å². The lowest BCUT2D eigenvalue weighted by Gasteiger charge is -2.64. The quantitative estimate of drug-likeness (QED) is 0.0788. The second kappa shape index (κ2) is 21.0. The van der Waals surface area contributed by atoms with Gasteiger partial charge in [-0.3, -0.25) is 4.79 Å². The lowest BCUT2D eigenvalue weighted by Crippen LogP contribution is -2.72. The Morgan fingerprint density at radius 1 is 0.768 bits per heavy atom. The van der Waals surface area contributed by atoms with Gasteiger partial charge in [-0.05, 0) is 98.3 Å². The second-order valence-corrected chi connectivity index (χ2v) is 20.9. The Kier molecular flexibility index (Phi) is 16.5. The highest BCUT2D eigenvalue weighted by Gasteiger charge is 2.75. The van der Waals surface area contributed by atoms with E-state index in [2.05, 4.69) is 13.0 Å². The van der Waals surface area contributed by atoms with Crippen LogP contribution in [0.4, 0.5) is 0 Å². The van der Waals surface area contributed by atoms with Crippen molar-refractivity contribution in [3.05, 3.63) is 34.9 Å². The van der Waals surface area contributed by atoms with Crippen molar-refractivity contribution in [3.8, 4) is 0 Å². The number of carbonyl (C=O) groups is 3. The maximum Gasteiger partial charge on any atom is 0.333 e. The maximum absolute atomic E-state index is 13.8. The first-order valence-electron chi connectivity index (χ1n) is 24.6. The Morgan fingerprint density at radius 2 is 1.39 bits per heavy atom. The fraction of sp³-hybridized carbons (Fsp3) is 0.820. The Balaban J connectivity index is 1.05. The third-order valence-corrected chi connectivity index (χ3v) is 17.2. The number of aliphatic hydroxyl groups excluding tert-OH is 6. The van der Waals surface area contributed by atoms with Crippen molar-refractivity contribution in [1.29, 1.82) is 0 Å². The van der Waals surface area contributed by atoms with Gasteiger partial charge in [-0.15, -0.1) is 0 Å². The van der Waals surface area contributed by atoms with Crippen molar-refractivity contribution in [2.45, 2.75) is 217 Å². The van der Waals surface area contributed by atoms with E-state index in [4.69, 9.17) is 42.6 Å². The molecule has 3 heterocycles. The van der Waals surface area contributed by atoms with Gasteiger partial charge in [-0.2, -0.15) is 0 Å². The minimum Gasteiger partial charge on any atom is -0.455 e. The molecule has 0 amide bonds. The molecular weight excluding hydrogens is 905 g/mol. The monoisotopic (exact) mass is 980 g/mol. The molecule has 4 aliphatic carbocycles. The molecule has 6 fully saturated rings. The van der Waals surface area contributed by atoms with Crippen LogP contribution in [-0.2, 0) is 57.0 Å². The van der Waals surface area contributed by atoms with Gasteiger partial charge in [0.1, 0.15) is 66.8 Å². The van der Waals surface area contributed by atoms with Crippen LogP contribution in [0.3, 0.4) is 0 Å². The molecule has 3 saturated carbocycles. The number of ketones is 1. The number of esters is 2. The summed E-state index contributed by atoms with van der Waals surface area (Å²) >= 11 is 0. The second-order valence-electron chi connectivity index (χ2n) is 20.9. The van der Waals surface area contributed by atoms with Gasteiger partial charge in [0.2, 0.25) is 0 Å². The van der Waals surface area contributed by atoms with E-state index < -0.39 is 151 Å². The average molecular weight is 981 g/mol. The molecule has 19 nitrogen and oxygen atoms in total. The number of hydrogen-bond acceptors (Lipinski definition) is 19. The third-order valence-electron chi connectivity index (χ3n) is 17.2. The number of carbonyl (C=O) groups excluding carboxylic acids is 3. The number of hydrogen-bond donors (Lipinski definition) is 7.